The molecule has 2 rings (SSSR count). The molecule has 0 aromatic carbocycles. The molecule has 1 aliphatic heterocycles. The van der Waals surface area contributed by atoms with Gasteiger partial charge in [-0.3, -0.25) is 0 Å². The van der Waals surface area contributed by atoms with Gasteiger partial charge in [0, 0.05) is 6.04 Å². The molecule has 0 aromatic heterocycles. The molecule has 1 nitrogen and oxygen atoms in total. The van der Waals surface area contributed by atoms with Crippen LogP contribution >= 0.6 is 11.8 Å². The first-order chi connectivity index (χ1) is 4.45. The number of nitrogens with one attached hydrogen (secondary N) is 1. The topological polar surface area (TPSA) is 12.0 Å². The Kier molecular flexibility index (Phi) is 1.68. The Morgan fingerprint density at radius 3 is 2.56 bits per heavy atom. The minimum atomic E-state index is 0.913. The summed E-state index contributed by atoms with van der Waals surface area (Å²) in [5.41, 5.74) is 0. The van der Waals surface area contributed by atoms with Gasteiger partial charge in [-0.05, 0) is 36.8 Å². The minimum Gasteiger partial charge on any atom is -0.314 e. The van der Waals surface area contributed by atoms with E-state index in [0.29, 0.717) is 0 Å². The zero-order valence-electron chi connectivity index (χ0n) is 5.60. The smallest absolute Gasteiger partial charge is 0.00683 e. The van der Waals surface area contributed by atoms with E-state index in [1.165, 1.54) is 30.9 Å². The highest BCUT2D eigenvalue weighted by Crippen LogP contribution is 2.25. The molecule has 0 spiro atoms. The van der Waals surface area contributed by atoms with E-state index in [0.717, 1.165) is 12.0 Å². The van der Waals surface area contributed by atoms with Crippen molar-refractivity contribution in [3.05, 3.63) is 0 Å². The predicted molar refractivity (Wildman–Crippen MR) is 41.8 cm³/mol. The Balaban J connectivity index is 1.55. The van der Waals surface area contributed by atoms with Gasteiger partial charge in [0.05, 0.1) is 0 Å². The first kappa shape index (κ1) is 6.05. The average Bonchev–Trinajstić information content (AvgIpc) is 2.44. The van der Waals surface area contributed by atoms with E-state index >= 15 is 0 Å². The lowest BCUT2D eigenvalue weighted by atomic mass is 10.2. The Morgan fingerprint density at radius 2 is 2.11 bits per heavy atom. The maximum atomic E-state index is 3.55. The molecule has 52 valence electrons. The lowest BCUT2D eigenvalue weighted by Gasteiger charge is -2.24. The standard InChI is InChI=1S/C7H13NS/c1-2-7(1)8-3-6-4-9-5-6/h6-8H,1-5H2. The first-order valence-corrected chi connectivity index (χ1v) is 4.92. The fourth-order valence-electron chi connectivity index (χ4n) is 1.02. The molecule has 2 aliphatic rings. The van der Waals surface area contributed by atoms with Crippen molar-refractivity contribution in [2.24, 2.45) is 5.92 Å². The van der Waals surface area contributed by atoms with Crippen molar-refractivity contribution in [3.8, 4) is 0 Å². The van der Waals surface area contributed by atoms with E-state index < -0.39 is 0 Å². The Labute approximate surface area is 60.6 Å². The second-order valence-electron chi connectivity index (χ2n) is 3.09. The van der Waals surface area contributed by atoms with Gasteiger partial charge in [-0.25, -0.2) is 0 Å². The third-order valence-corrected chi connectivity index (χ3v) is 3.39. The summed E-state index contributed by atoms with van der Waals surface area (Å²) >= 11 is 2.08. The van der Waals surface area contributed by atoms with E-state index in [4.69, 9.17) is 0 Å². The van der Waals surface area contributed by atoms with Crippen LogP contribution in [0.5, 0.6) is 0 Å². The summed E-state index contributed by atoms with van der Waals surface area (Å²) in [5, 5.41) is 3.55. The Morgan fingerprint density at radius 1 is 1.33 bits per heavy atom. The molecule has 0 unspecified atom stereocenters. The number of hydrogen-bond donors (Lipinski definition) is 1. The minimum absolute atomic E-state index is 0.913. The molecule has 0 atom stereocenters. The molecule has 1 saturated carbocycles. The molecule has 0 radical (unpaired) electrons. The lowest BCUT2D eigenvalue weighted by molar-refractivity contribution is 0.545. The summed E-state index contributed by atoms with van der Waals surface area (Å²) in [6, 6.07) is 0.913. The van der Waals surface area contributed by atoms with E-state index in [-0.39, 0.29) is 0 Å². The molecule has 1 aliphatic carbocycles. The Hall–Kier alpha value is 0.310. The van der Waals surface area contributed by atoms with Gasteiger partial charge in [0.15, 0.2) is 0 Å². The molecule has 1 heterocycles. The van der Waals surface area contributed by atoms with E-state index in [1.54, 1.807) is 0 Å². The van der Waals surface area contributed by atoms with Crippen LogP contribution in [0.25, 0.3) is 0 Å². The monoisotopic (exact) mass is 143 g/mol. The highest BCUT2D eigenvalue weighted by molar-refractivity contribution is 8.00. The number of hydrogen-bond acceptors (Lipinski definition) is 2. The van der Waals surface area contributed by atoms with Gasteiger partial charge in [0.1, 0.15) is 0 Å². The zero-order valence-corrected chi connectivity index (χ0v) is 6.41. The first-order valence-electron chi connectivity index (χ1n) is 3.76. The zero-order chi connectivity index (χ0) is 6.10. The van der Waals surface area contributed by atoms with Crippen molar-refractivity contribution in [1.29, 1.82) is 0 Å². The summed E-state index contributed by atoms with van der Waals surface area (Å²) in [6.07, 6.45) is 2.86. The molecular weight excluding hydrogens is 130 g/mol. The summed E-state index contributed by atoms with van der Waals surface area (Å²) in [7, 11) is 0. The van der Waals surface area contributed by atoms with Crippen molar-refractivity contribution >= 4 is 11.8 Å². The normalized spacial score (nSPS) is 28.0. The van der Waals surface area contributed by atoms with Crippen LogP contribution in [0.3, 0.4) is 0 Å². The van der Waals surface area contributed by atoms with Crippen LogP contribution in [0.4, 0.5) is 0 Å². The SMILES string of the molecule is C(NC1CC1)C1CSC1. The molecule has 1 saturated heterocycles. The second kappa shape index (κ2) is 2.51. The van der Waals surface area contributed by atoms with Crippen molar-refractivity contribution in [2.75, 3.05) is 18.1 Å². The third-order valence-electron chi connectivity index (χ3n) is 1.98. The maximum Gasteiger partial charge on any atom is 0.00683 e. The third kappa shape index (κ3) is 1.62. The molecule has 0 aromatic rings. The Bertz CT molecular complexity index is 97.1. The van der Waals surface area contributed by atoms with E-state index in [1.807, 2.05) is 0 Å². The number of rotatable bonds is 3. The van der Waals surface area contributed by atoms with Gasteiger partial charge in [-0.2, -0.15) is 11.8 Å². The molecule has 0 amide bonds. The van der Waals surface area contributed by atoms with Crippen LogP contribution < -0.4 is 5.32 Å². The summed E-state index contributed by atoms with van der Waals surface area (Å²) < 4.78 is 0. The van der Waals surface area contributed by atoms with Crippen molar-refractivity contribution in [1.82, 2.24) is 5.32 Å². The summed E-state index contributed by atoms with van der Waals surface area (Å²) in [5.74, 6) is 3.81. The lowest BCUT2D eigenvalue weighted by Crippen LogP contribution is -2.32. The summed E-state index contributed by atoms with van der Waals surface area (Å²) in [4.78, 5) is 0. The predicted octanol–water partition coefficient (Wildman–Crippen LogP) is 1.10. The van der Waals surface area contributed by atoms with Crippen LogP contribution in [-0.2, 0) is 0 Å². The molecule has 2 fully saturated rings. The van der Waals surface area contributed by atoms with Crippen molar-refractivity contribution in [2.45, 2.75) is 18.9 Å². The molecule has 9 heavy (non-hydrogen) atoms. The van der Waals surface area contributed by atoms with Crippen LogP contribution in [0.2, 0.25) is 0 Å². The molecule has 1 N–H and O–H groups in total. The van der Waals surface area contributed by atoms with Crippen molar-refractivity contribution in [3.63, 3.8) is 0 Å². The highest BCUT2D eigenvalue weighted by atomic mass is 32.2. The highest BCUT2D eigenvalue weighted by Gasteiger charge is 2.24. The quantitative estimate of drug-likeness (QED) is 0.635. The second-order valence-corrected chi connectivity index (χ2v) is 4.16. The fraction of sp³-hybridized carbons (Fsp3) is 1.00. The van der Waals surface area contributed by atoms with Crippen molar-refractivity contribution < 1.29 is 0 Å². The fourth-order valence-corrected chi connectivity index (χ4v) is 1.83. The van der Waals surface area contributed by atoms with Gasteiger partial charge in [-0.15, -0.1) is 0 Å². The number of thioether (sulfide) groups is 1. The van der Waals surface area contributed by atoms with E-state index in [2.05, 4.69) is 17.1 Å². The van der Waals surface area contributed by atoms with Crippen LogP contribution in [0.1, 0.15) is 12.8 Å². The molecule has 0 bridgehead atoms. The molecular formula is C7H13NS. The maximum absolute atomic E-state index is 3.55. The molecule has 2 heteroatoms. The van der Waals surface area contributed by atoms with E-state index in [9.17, 15) is 0 Å². The van der Waals surface area contributed by atoms with Gasteiger partial charge in [0.25, 0.3) is 0 Å². The van der Waals surface area contributed by atoms with Crippen LogP contribution in [0, 0.1) is 5.92 Å². The largest absolute Gasteiger partial charge is 0.314 e. The van der Waals surface area contributed by atoms with Gasteiger partial charge < -0.3 is 5.32 Å². The average molecular weight is 143 g/mol. The van der Waals surface area contributed by atoms with Gasteiger partial charge in [0.2, 0.25) is 0 Å². The van der Waals surface area contributed by atoms with Gasteiger partial charge >= 0.3 is 0 Å². The van der Waals surface area contributed by atoms with Gasteiger partial charge in [-0.1, -0.05) is 0 Å². The van der Waals surface area contributed by atoms with Crippen LogP contribution in [-0.4, -0.2) is 24.1 Å². The summed E-state index contributed by atoms with van der Waals surface area (Å²) in [6.45, 7) is 1.29. The van der Waals surface area contributed by atoms with Crippen LogP contribution in [0.15, 0.2) is 0 Å².